The van der Waals surface area contributed by atoms with Crippen LogP contribution in [0.4, 0.5) is 10.1 Å². The molecule has 0 aromatic heterocycles. The second-order valence-corrected chi connectivity index (χ2v) is 4.35. The van der Waals surface area contributed by atoms with Crippen LogP contribution in [0.5, 0.6) is 0 Å². The molecule has 0 aliphatic heterocycles. The first-order valence-electron chi connectivity index (χ1n) is 5.68. The van der Waals surface area contributed by atoms with E-state index in [1.807, 2.05) is 0 Å². The van der Waals surface area contributed by atoms with E-state index in [9.17, 15) is 9.18 Å². The van der Waals surface area contributed by atoms with Crippen LogP contribution in [-0.2, 0) is 0 Å². The van der Waals surface area contributed by atoms with E-state index in [4.69, 9.17) is 11.5 Å². The van der Waals surface area contributed by atoms with Crippen LogP contribution in [0.25, 0.3) is 0 Å². The van der Waals surface area contributed by atoms with Gasteiger partial charge in [0.2, 0.25) is 0 Å². The molecule has 0 spiro atoms. The van der Waals surface area contributed by atoms with Gasteiger partial charge in [-0.2, -0.15) is 0 Å². The molecule has 1 atom stereocenters. The molecule has 1 aromatic rings. The van der Waals surface area contributed by atoms with Gasteiger partial charge in [-0.05, 0) is 30.9 Å². The van der Waals surface area contributed by atoms with Crippen molar-refractivity contribution in [3.8, 4) is 0 Å². The molecule has 5 heteroatoms. The highest BCUT2D eigenvalue weighted by Gasteiger charge is 2.31. The van der Waals surface area contributed by atoms with Gasteiger partial charge in [-0.25, -0.2) is 4.39 Å². The van der Waals surface area contributed by atoms with Crippen molar-refractivity contribution in [2.24, 2.45) is 17.4 Å². The molecule has 1 fully saturated rings. The molecular weight excluding hydrogens is 221 g/mol. The van der Waals surface area contributed by atoms with Gasteiger partial charge in [0.15, 0.2) is 0 Å². The van der Waals surface area contributed by atoms with Gasteiger partial charge in [0, 0.05) is 12.6 Å². The summed E-state index contributed by atoms with van der Waals surface area (Å²) in [6.07, 6.45) is 2.24. The van der Waals surface area contributed by atoms with E-state index in [2.05, 4.69) is 5.32 Å². The van der Waals surface area contributed by atoms with Crippen LogP contribution in [-0.4, -0.2) is 18.5 Å². The maximum Gasteiger partial charge on any atom is 0.253 e. The monoisotopic (exact) mass is 237 g/mol. The van der Waals surface area contributed by atoms with E-state index in [1.165, 1.54) is 6.07 Å². The Morgan fingerprint density at radius 3 is 2.76 bits per heavy atom. The first-order valence-corrected chi connectivity index (χ1v) is 5.68. The number of nitrogens with one attached hydrogen (secondary N) is 1. The number of carbonyl (C=O) groups excluding carboxylic acids is 1. The van der Waals surface area contributed by atoms with E-state index < -0.39 is 11.7 Å². The highest BCUT2D eigenvalue weighted by molar-refractivity contribution is 5.98. The predicted octanol–water partition coefficient (Wildman–Crippen LogP) is 1.07. The number of rotatable bonds is 5. The molecule has 5 N–H and O–H groups in total. The lowest BCUT2D eigenvalue weighted by Gasteiger charge is -2.19. The highest BCUT2D eigenvalue weighted by Crippen LogP contribution is 2.34. The first-order chi connectivity index (χ1) is 8.13. The molecule has 1 unspecified atom stereocenters. The lowest BCUT2D eigenvalue weighted by atomic mass is 10.1. The van der Waals surface area contributed by atoms with Gasteiger partial charge in [0.1, 0.15) is 5.82 Å². The second-order valence-electron chi connectivity index (χ2n) is 4.35. The lowest BCUT2D eigenvalue weighted by molar-refractivity contribution is 0.0997. The van der Waals surface area contributed by atoms with Crippen molar-refractivity contribution < 1.29 is 9.18 Å². The number of anilines is 1. The number of carbonyl (C=O) groups is 1. The quantitative estimate of drug-likeness (QED) is 0.716. The molecule has 17 heavy (non-hydrogen) atoms. The Balaban J connectivity index is 2.24. The maximum absolute atomic E-state index is 13.5. The molecule has 1 saturated carbocycles. The van der Waals surface area contributed by atoms with E-state index in [-0.39, 0.29) is 11.6 Å². The van der Waals surface area contributed by atoms with E-state index in [0.29, 0.717) is 18.2 Å². The first kappa shape index (κ1) is 11.9. The van der Waals surface area contributed by atoms with Crippen LogP contribution >= 0.6 is 0 Å². The molecule has 0 heterocycles. The molecule has 1 aliphatic carbocycles. The topological polar surface area (TPSA) is 81.1 Å². The van der Waals surface area contributed by atoms with Crippen molar-refractivity contribution in [3.05, 3.63) is 29.6 Å². The van der Waals surface area contributed by atoms with E-state index in [0.717, 1.165) is 12.8 Å². The molecule has 0 bridgehead atoms. The zero-order valence-electron chi connectivity index (χ0n) is 9.45. The van der Waals surface area contributed by atoms with Gasteiger partial charge in [0.05, 0.1) is 11.3 Å². The molecular formula is C12H16FN3O. The minimum absolute atomic E-state index is 0.0786. The zero-order chi connectivity index (χ0) is 12.4. The number of hydrogen-bond donors (Lipinski definition) is 3. The van der Waals surface area contributed by atoms with Crippen LogP contribution in [0.3, 0.4) is 0 Å². The molecule has 0 radical (unpaired) electrons. The molecule has 1 amide bonds. The minimum atomic E-state index is -0.767. The fourth-order valence-electron chi connectivity index (χ4n) is 1.96. The normalized spacial score (nSPS) is 16.6. The molecule has 4 nitrogen and oxygen atoms in total. The Morgan fingerprint density at radius 1 is 1.53 bits per heavy atom. The summed E-state index contributed by atoms with van der Waals surface area (Å²) in [5, 5.41) is 3.12. The number of halogens is 1. The third-order valence-electron chi connectivity index (χ3n) is 3.05. The third-order valence-corrected chi connectivity index (χ3v) is 3.05. The van der Waals surface area contributed by atoms with Crippen molar-refractivity contribution in [1.29, 1.82) is 0 Å². The Labute approximate surface area is 99.2 Å². The number of amides is 1. The van der Waals surface area contributed by atoms with Crippen molar-refractivity contribution in [2.75, 3.05) is 11.9 Å². The highest BCUT2D eigenvalue weighted by atomic mass is 19.1. The van der Waals surface area contributed by atoms with Gasteiger partial charge in [-0.15, -0.1) is 0 Å². The van der Waals surface area contributed by atoms with Crippen molar-refractivity contribution >= 4 is 11.6 Å². The van der Waals surface area contributed by atoms with Crippen LogP contribution in [0.2, 0.25) is 0 Å². The summed E-state index contributed by atoms with van der Waals surface area (Å²) >= 11 is 0. The SMILES string of the molecule is NCC(Nc1cccc(F)c1C(N)=O)C1CC1. The third kappa shape index (κ3) is 2.55. The Bertz CT molecular complexity index is 432. The largest absolute Gasteiger partial charge is 0.380 e. The molecule has 1 aliphatic rings. The maximum atomic E-state index is 13.5. The summed E-state index contributed by atoms with van der Waals surface area (Å²) in [6.45, 7) is 0.458. The average Bonchev–Trinajstić information content (AvgIpc) is 3.09. The van der Waals surface area contributed by atoms with Crippen LogP contribution < -0.4 is 16.8 Å². The Morgan fingerprint density at radius 2 is 2.24 bits per heavy atom. The standard InChI is InChI=1S/C12H16FN3O/c13-8-2-1-3-9(11(8)12(15)17)16-10(6-14)7-4-5-7/h1-3,7,10,16H,4-6,14H2,(H2,15,17). The van der Waals surface area contributed by atoms with Gasteiger partial charge in [0.25, 0.3) is 5.91 Å². The van der Waals surface area contributed by atoms with Gasteiger partial charge in [-0.3, -0.25) is 4.79 Å². The smallest absolute Gasteiger partial charge is 0.253 e. The molecule has 92 valence electrons. The number of nitrogens with two attached hydrogens (primary N) is 2. The number of hydrogen-bond acceptors (Lipinski definition) is 3. The summed E-state index contributed by atoms with van der Waals surface area (Å²) < 4.78 is 13.5. The van der Waals surface area contributed by atoms with E-state index in [1.54, 1.807) is 12.1 Å². The zero-order valence-corrected chi connectivity index (χ0v) is 9.45. The summed E-state index contributed by atoms with van der Waals surface area (Å²) in [5.74, 6) is -0.852. The van der Waals surface area contributed by atoms with Crippen molar-refractivity contribution in [1.82, 2.24) is 0 Å². The van der Waals surface area contributed by atoms with Crippen LogP contribution in [0, 0.1) is 11.7 Å². The summed E-state index contributed by atoms with van der Waals surface area (Å²) in [6, 6.07) is 4.49. The van der Waals surface area contributed by atoms with Gasteiger partial charge >= 0.3 is 0 Å². The minimum Gasteiger partial charge on any atom is -0.380 e. The van der Waals surface area contributed by atoms with Gasteiger partial charge in [-0.1, -0.05) is 6.07 Å². The fraction of sp³-hybridized carbons (Fsp3) is 0.417. The summed E-state index contributed by atoms with van der Waals surface area (Å²) in [5.41, 5.74) is 11.2. The Kier molecular flexibility index (Phi) is 3.28. The fourth-order valence-corrected chi connectivity index (χ4v) is 1.96. The predicted molar refractivity (Wildman–Crippen MR) is 64.1 cm³/mol. The lowest BCUT2D eigenvalue weighted by Crippen LogP contribution is -2.32. The van der Waals surface area contributed by atoms with Crippen molar-refractivity contribution in [3.63, 3.8) is 0 Å². The van der Waals surface area contributed by atoms with Crippen LogP contribution in [0.15, 0.2) is 18.2 Å². The summed E-state index contributed by atoms with van der Waals surface area (Å²) in [7, 11) is 0. The van der Waals surface area contributed by atoms with E-state index >= 15 is 0 Å². The number of primary amides is 1. The molecule has 2 rings (SSSR count). The van der Waals surface area contributed by atoms with Crippen molar-refractivity contribution in [2.45, 2.75) is 18.9 Å². The molecule has 0 saturated heterocycles. The van der Waals surface area contributed by atoms with Gasteiger partial charge < -0.3 is 16.8 Å². The summed E-state index contributed by atoms with van der Waals surface area (Å²) in [4.78, 5) is 11.2. The Hall–Kier alpha value is -1.62. The second kappa shape index (κ2) is 4.71. The van der Waals surface area contributed by atoms with Crippen LogP contribution in [0.1, 0.15) is 23.2 Å². The molecule has 1 aromatic carbocycles. The number of benzene rings is 1. The average molecular weight is 237 g/mol.